The molecule has 1 saturated heterocycles. The van der Waals surface area contributed by atoms with Gasteiger partial charge in [0.1, 0.15) is 10.6 Å². The lowest BCUT2D eigenvalue weighted by atomic mass is 9.78. The molecule has 1 aliphatic carbocycles. The number of aliphatic hydroxyl groups is 1. The number of ether oxygens (including phenoxy) is 1. The second kappa shape index (κ2) is 10.7. The van der Waals surface area contributed by atoms with E-state index < -0.39 is 16.1 Å². The number of carbonyl (C=O) groups is 1. The number of likely N-dealkylation sites (tertiary alicyclic amines) is 1. The van der Waals surface area contributed by atoms with Gasteiger partial charge in [0.2, 0.25) is 15.9 Å². The molecule has 1 aromatic rings. The molecule has 1 atom stereocenters. The maximum Gasteiger partial charge on any atom is 0.244 e. The number of rotatable bonds is 2. The number of carbonyl (C=O) groups excluding carboxylic acids is 1. The van der Waals surface area contributed by atoms with E-state index in [-0.39, 0.29) is 28.7 Å². The number of hydrogen-bond donors (Lipinski definition) is 2. The summed E-state index contributed by atoms with van der Waals surface area (Å²) < 4.78 is 35.0. The molecular weight excluding hydrogens is 466 g/mol. The summed E-state index contributed by atoms with van der Waals surface area (Å²) in [6.07, 6.45) is 5.04. The first-order chi connectivity index (χ1) is 16.6. The first-order valence-electron chi connectivity index (χ1n) is 13.0. The lowest BCUT2D eigenvalue weighted by Gasteiger charge is -2.44. The van der Waals surface area contributed by atoms with Crippen molar-refractivity contribution in [3.8, 4) is 5.75 Å². The van der Waals surface area contributed by atoms with E-state index in [0.29, 0.717) is 44.4 Å². The molecule has 9 heteroatoms. The number of benzene rings is 1. The maximum atomic E-state index is 13.1. The molecule has 4 rings (SSSR count). The van der Waals surface area contributed by atoms with Gasteiger partial charge in [-0.1, -0.05) is 32.8 Å². The van der Waals surface area contributed by atoms with Crippen LogP contribution < -0.4 is 9.46 Å². The standard InChI is InChI=1S/C26H41N3O5S/c1-19(2)21-8-9-24-23(14-21)34-18-26(17-28(3)16-22(30)15-27-35(24,32)33)10-12-29(13-11-26)25(31)20-6-4-5-7-20/h8-9,14,19-20,22,27,30H,4-7,10-13,15-18H2,1-3H3. The zero-order chi connectivity index (χ0) is 25.2. The zero-order valence-electron chi connectivity index (χ0n) is 21.3. The molecule has 2 N–H and O–H groups in total. The number of hydrogen-bond acceptors (Lipinski definition) is 6. The van der Waals surface area contributed by atoms with E-state index in [0.717, 1.165) is 44.1 Å². The molecule has 2 fully saturated rings. The number of piperidine rings is 1. The van der Waals surface area contributed by atoms with Crippen molar-refractivity contribution in [3.63, 3.8) is 0 Å². The van der Waals surface area contributed by atoms with Crippen LogP contribution in [0.15, 0.2) is 23.1 Å². The molecule has 8 nitrogen and oxygen atoms in total. The molecule has 2 heterocycles. The number of likely N-dealkylation sites (N-methyl/N-ethyl adjacent to an activating group) is 1. The summed E-state index contributed by atoms with van der Waals surface area (Å²) in [4.78, 5) is 17.2. The largest absolute Gasteiger partial charge is 0.492 e. The summed E-state index contributed by atoms with van der Waals surface area (Å²) in [7, 11) is -1.89. The molecule has 1 spiro atoms. The zero-order valence-corrected chi connectivity index (χ0v) is 22.1. The van der Waals surface area contributed by atoms with Gasteiger partial charge < -0.3 is 19.6 Å². The van der Waals surface area contributed by atoms with Crippen molar-refractivity contribution in [1.82, 2.24) is 14.5 Å². The van der Waals surface area contributed by atoms with E-state index in [1.54, 1.807) is 6.07 Å². The van der Waals surface area contributed by atoms with E-state index in [1.165, 1.54) is 0 Å². The van der Waals surface area contributed by atoms with Gasteiger partial charge in [-0.2, -0.15) is 0 Å². The highest BCUT2D eigenvalue weighted by atomic mass is 32.2. The molecule has 1 amide bonds. The predicted octanol–water partition coefficient (Wildman–Crippen LogP) is 2.57. The summed E-state index contributed by atoms with van der Waals surface area (Å²) in [5.41, 5.74) is 0.775. The highest BCUT2D eigenvalue weighted by molar-refractivity contribution is 7.89. The van der Waals surface area contributed by atoms with Crippen LogP contribution in [0.5, 0.6) is 5.75 Å². The van der Waals surface area contributed by atoms with E-state index in [4.69, 9.17) is 4.74 Å². The Morgan fingerprint density at radius 1 is 1.20 bits per heavy atom. The molecule has 1 unspecified atom stereocenters. The van der Waals surface area contributed by atoms with E-state index in [2.05, 4.69) is 23.5 Å². The van der Waals surface area contributed by atoms with Crippen molar-refractivity contribution in [3.05, 3.63) is 23.8 Å². The van der Waals surface area contributed by atoms with Crippen LogP contribution in [0.1, 0.15) is 63.9 Å². The number of sulfonamides is 1. The summed E-state index contributed by atoms with van der Waals surface area (Å²) in [5.74, 6) is 1.05. The van der Waals surface area contributed by atoms with Crippen LogP contribution >= 0.6 is 0 Å². The Bertz CT molecular complexity index is 998. The predicted molar refractivity (Wildman–Crippen MR) is 135 cm³/mol. The summed E-state index contributed by atoms with van der Waals surface area (Å²) in [6, 6.07) is 5.26. The minimum absolute atomic E-state index is 0.0608. The van der Waals surface area contributed by atoms with Gasteiger partial charge in [0.25, 0.3) is 0 Å². The van der Waals surface area contributed by atoms with Crippen molar-refractivity contribution in [2.24, 2.45) is 11.3 Å². The number of fused-ring (bicyclic) bond motifs is 1. The van der Waals surface area contributed by atoms with Crippen molar-refractivity contribution in [1.29, 1.82) is 0 Å². The first kappa shape index (κ1) is 26.4. The first-order valence-corrected chi connectivity index (χ1v) is 14.5. The summed E-state index contributed by atoms with van der Waals surface area (Å²) in [5, 5.41) is 10.5. The molecule has 196 valence electrons. The molecule has 0 radical (unpaired) electrons. The lowest BCUT2D eigenvalue weighted by molar-refractivity contribution is -0.138. The second-order valence-corrected chi connectivity index (χ2v) is 12.9. The molecule has 0 bridgehead atoms. The smallest absolute Gasteiger partial charge is 0.244 e. The highest BCUT2D eigenvalue weighted by Crippen LogP contribution is 2.37. The quantitative estimate of drug-likeness (QED) is 0.638. The topological polar surface area (TPSA) is 99.2 Å². The van der Waals surface area contributed by atoms with Gasteiger partial charge in [-0.3, -0.25) is 4.79 Å². The van der Waals surface area contributed by atoms with Crippen LogP contribution in [0.2, 0.25) is 0 Å². The van der Waals surface area contributed by atoms with E-state index in [9.17, 15) is 18.3 Å². The van der Waals surface area contributed by atoms with Gasteiger partial charge in [0, 0.05) is 44.1 Å². The number of nitrogens with one attached hydrogen (secondary N) is 1. The van der Waals surface area contributed by atoms with Crippen LogP contribution in [0.3, 0.4) is 0 Å². The third-order valence-corrected chi connectivity index (χ3v) is 9.40. The minimum atomic E-state index is -3.84. The van der Waals surface area contributed by atoms with Crippen LogP contribution in [-0.4, -0.2) is 81.7 Å². The van der Waals surface area contributed by atoms with Gasteiger partial charge in [0.15, 0.2) is 0 Å². The highest BCUT2D eigenvalue weighted by Gasteiger charge is 2.40. The maximum absolute atomic E-state index is 13.1. The second-order valence-electron chi connectivity index (χ2n) is 11.2. The monoisotopic (exact) mass is 507 g/mol. The molecule has 2 aliphatic heterocycles. The van der Waals surface area contributed by atoms with Crippen molar-refractivity contribution in [2.45, 2.75) is 69.3 Å². The van der Waals surface area contributed by atoms with Crippen molar-refractivity contribution >= 4 is 15.9 Å². The molecule has 0 aromatic heterocycles. The normalized spacial score (nSPS) is 26.1. The molecule has 1 saturated carbocycles. The minimum Gasteiger partial charge on any atom is -0.492 e. The van der Waals surface area contributed by atoms with Crippen molar-refractivity contribution < 1.29 is 23.1 Å². The SMILES string of the molecule is CC(C)c1ccc2c(c1)OCC1(CCN(C(=O)C3CCCC3)CC1)CN(C)CC(O)CNS2(=O)=O. The van der Waals surface area contributed by atoms with Gasteiger partial charge >= 0.3 is 0 Å². The van der Waals surface area contributed by atoms with Gasteiger partial charge in [-0.05, 0) is 56.3 Å². The van der Waals surface area contributed by atoms with Crippen LogP contribution in [0.4, 0.5) is 0 Å². The fraction of sp³-hybridized carbons (Fsp3) is 0.731. The molecule has 3 aliphatic rings. The third kappa shape index (κ3) is 6.18. The van der Waals surface area contributed by atoms with Crippen LogP contribution in [-0.2, 0) is 14.8 Å². The molecule has 1 aromatic carbocycles. The Hall–Kier alpha value is -1.68. The Kier molecular flexibility index (Phi) is 8.10. The number of nitrogens with zero attached hydrogens (tertiary/aromatic N) is 2. The van der Waals surface area contributed by atoms with Crippen LogP contribution in [0.25, 0.3) is 0 Å². The summed E-state index contributed by atoms with van der Waals surface area (Å²) >= 11 is 0. The molecular formula is C26H41N3O5S. The van der Waals surface area contributed by atoms with Gasteiger partial charge in [0.05, 0.1) is 12.7 Å². The Morgan fingerprint density at radius 3 is 2.54 bits per heavy atom. The van der Waals surface area contributed by atoms with Crippen LogP contribution in [0, 0.1) is 11.3 Å². The van der Waals surface area contributed by atoms with Gasteiger partial charge in [-0.15, -0.1) is 0 Å². The Morgan fingerprint density at radius 2 is 1.89 bits per heavy atom. The van der Waals surface area contributed by atoms with E-state index in [1.807, 2.05) is 24.1 Å². The van der Waals surface area contributed by atoms with Crippen molar-refractivity contribution in [2.75, 3.05) is 46.4 Å². The number of amides is 1. The van der Waals surface area contributed by atoms with Gasteiger partial charge in [-0.25, -0.2) is 13.1 Å². The number of aliphatic hydroxyl groups excluding tert-OH is 1. The fourth-order valence-corrected chi connectivity index (χ4v) is 6.97. The lowest BCUT2D eigenvalue weighted by Crippen LogP contribution is -2.52. The average Bonchev–Trinajstić information content (AvgIpc) is 3.36. The molecule has 35 heavy (non-hydrogen) atoms. The fourth-order valence-electron chi connectivity index (χ4n) is 5.78. The number of β-amino-alcohol motifs (C(OH)–C–C–N with tert-alkyl or cyclic N) is 1. The summed E-state index contributed by atoms with van der Waals surface area (Å²) in [6.45, 7) is 6.87. The Labute approximate surface area is 210 Å². The average molecular weight is 508 g/mol. The Balaban J connectivity index is 1.59. The van der Waals surface area contributed by atoms with E-state index >= 15 is 0 Å². The third-order valence-electron chi connectivity index (χ3n) is 7.93.